The lowest BCUT2D eigenvalue weighted by atomic mass is 10.1. The maximum absolute atomic E-state index is 12.7. The van der Waals surface area contributed by atoms with E-state index in [0.29, 0.717) is 6.61 Å². The smallest absolute Gasteiger partial charge is 0.381 e. The van der Waals surface area contributed by atoms with Crippen LogP contribution >= 0.6 is 0 Å². The highest BCUT2D eigenvalue weighted by atomic mass is 19.4. The van der Waals surface area contributed by atoms with E-state index < -0.39 is 30.3 Å². The first-order valence-electron chi connectivity index (χ1n) is 7.41. The average Bonchev–Trinajstić information content (AvgIpc) is 2.78. The summed E-state index contributed by atoms with van der Waals surface area (Å²) in [7, 11) is 0. The van der Waals surface area contributed by atoms with Crippen LogP contribution < -0.4 is 0 Å². The molecule has 130 valence electrons. The Kier molecular flexibility index (Phi) is 5.67. The van der Waals surface area contributed by atoms with E-state index in [0.717, 1.165) is 5.56 Å². The van der Waals surface area contributed by atoms with Gasteiger partial charge in [0, 0.05) is 6.61 Å². The van der Waals surface area contributed by atoms with Gasteiger partial charge in [0.05, 0.1) is 12.7 Å². The first-order valence-corrected chi connectivity index (χ1v) is 7.41. The number of aliphatic hydroxyl groups excluding tert-OH is 1. The van der Waals surface area contributed by atoms with Crippen molar-refractivity contribution < 1.29 is 32.5 Å². The number of aliphatic hydroxyl groups is 1. The van der Waals surface area contributed by atoms with Crippen LogP contribution in [0.1, 0.15) is 25.8 Å². The molecule has 1 aromatic carbocycles. The van der Waals surface area contributed by atoms with Crippen molar-refractivity contribution in [2.24, 2.45) is 0 Å². The minimum atomic E-state index is -4.75. The van der Waals surface area contributed by atoms with Crippen molar-refractivity contribution in [2.45, 2.75) is 57.2 Å². The molecular formula is C16H21F3O4. The molecule has 3 atom stereocenters. The monoisotopic (exact) mass is 334 g/mol. The molecule has 0 aliphatic carbocycles. The van der Waals surface area contributed by atoms with Crippen LogP contribution in [0.2, 0.25) is 0 Å². The fourth-order valence-electron chi connectivity index (χ4n) is 2.50. The Morgan fingerprint density at radius 1 is 1.22 bits per heavy atom. The Morgan fingerprint density at radius 3 is 2.48 bits per heavy atom. The molecular weight excluding hydrogens is 313 g/mol. The van der Waals surface area contributed by atoms with Gasteiger partial charge in [0.25, 0.3) is 0 Å². The number of hydrogen-bond donors (Lipinski definition) is 1. The van der Waals surface area contributed by atoms with E-state index in [1.54, 1.807) is 0 Å². The minimum absolute atomic E-state index is 0.202. The van der Waals surface area contributed by atoms with Crippen molar-refractivity contribution in [1.82, 2.24) is 0 Å². The third kappa shape index (κ3) is 5.17. The normalized spacial score (nSPS) is 25.5. The Morgan fingerprint density at radius 2 is 1.87 bits per heavy atom. The number of halogens is 3. The molecule has 1 aliphatic rings. The Balaban J connectivity index is 1.86. The predicted molar refractivity (Wildman–Crippen MR) is 76.6 cm³/mol. The summed E-state index contributed by atoms with van der Waals surface area (Å²) in [6.45, 7) is 3.62. The molecule has 23 heavy (non-hydrogen) atoms. The molecule has 2 rings (SSSR count). The van der Waals surface area contributed by atoms with Crippen molar-refractivity contribution in [2.75, 3.05) is 6.61 Å². The Labute approximate surface area is 133 Å². The maximum atomic E-state index is 12.7. The second-order valence-corrected chi connectivity index (χ2v) is 5.95. The fourth-order valence-corrected chi connectivity index (χ4v) is 2.50. The summed E-state index contributed by atoms with van der Waals surface area (Å²) in [4.78, 5) is 0. The maximum Gasteiger partial charge on any atom is 0.417 e. The lowest BCUT2D eigenvalue weighted by Gasteiger charge is -2.24. The van der Waals surface area contributed by atoms with Crippen molar-refractivity contribution in [3.8, 4) is 0 Å². The van der Waals surface area contributed by atoms with Gasteiger partial charge in [-0.05, 0) is 25.8 Å². The molecule has 7 heteroatoms. The van der Waals surface area contributed by atoms with E-state index in [4.69, 9.17) is 14.2 Å². The van der Waals surface area contributed by atoms with Crippen molar-refractivity contribution >= 4 is 0 Å². The van der Waals surface area contributed by atoms with Crippen LogP contribution in [0, 0.1) is 0 Å². The zero-order valence-corrected chi connectivity index (χ0v) is 13.0. The van der Waals surface area contributed by atoms with E-state index in [1.807, 2.05) is 30.3 Å². The quantitative estimate of drug-likeness (QED) is 0.813. The van der Waals surface area contributed by atoms with E-state index >= 15 is 0 Å². The molecule has 0 amide bonds. The Bertz CT molecular complexity index is 490. The molecule has 0 bridgehead atoms. The van der Waals surface area contributed by atoms with E-state index in [2.05, 4.69) is 0 Å². The molecule has 0 radical (unpaired) electrons. The number of alkyl halides is 3. The van der Waals surface area contributed by atoms with Crippen molar-refractivity contribution in [3.05, 3.63) is 35.9 Å². The summed E-state index contributed by atoms with van der Waals surface area (Å²) in [6, 6.07) is 9.44. The highest BCUT2D eigenvalue weighted by Gasteiger charge is 2.53. The molecule has 1 fully saturated rings. The molecule has 0 unspecified atom stereocenters. The van der Waals surface area contributed by atoms with Crippen LogP contribution in [-0.4, -0.2) is 42.0 Å². The van der Waals surface area contributed by atoms with Gasteiger partial charge in [-0.25, -0.2) is 0 Å². The summed E-state index contributed by atoms with van der Waals surface area (Å²) in [5.74, 6) is -1.17. The second-order valence-electron chi connectivity index (χ2n) is 5.95. The zero-order chi connectivity index (χ0) is 17.1. The van der Waals surface area contributed by atoms with Crippen molar-refractivity contribution in [1.29, 1.82) is 0 Å². The summed E-state index contributed by atoms with van der Waals surface area (Å²) in [5, 5.41) is 9.45. The first-order chi connectivity index (χ1) is 10.7. The van der Waals surface area contributed by atoms with Gasteiger partial charge in [-0.2, -0.15) is 13.2 Å². The van der Waals surface area contributed by atoms with Crippen molar-refractivity contribution in [3.63, 3.8) is 0 Å². The van der Waals surface area contributed by atoms with Crippen LogP contribution in [0.25, 0.3) is 0 Å². The van der Waals surface area contributed by atoms with Crippen LogP contribution in [0.15, 0.2) is 30.3 Å². The highest BCUT2D eigenvalue weighted by Crippen LogP contribution is 2.36. The lowest BCUT2D eigenvalue weighted by molar-refractivity contribution is -0.242. The lowest BCUT2D eigenvalue weighted by Crippen LogP contribution is -2.45. The van der Waals surface area contributed by atoms with Gasteiger partial charge >= 0.3 is 6.18 Å². The van der Waals surface area contributed by atoms with Gasteiger partial charge < -0.3 is 19.3 Å². The van der Waals surface area contributed by atoms with E-state index in [1.165, 1.54) is 13.8 Å². The standard InChI is InChI=1S/C16H21F3O4/c1-15(2)22-12(13(23-15)14(20)16(17,18)19)8-9-21-10-11-6-4-3-5-7-11/h3-7,12-14,20H,8-10H2,1-2H3/t12-,13-,14+/m0/s1. The molecule has 1 aromatic rings. The van der Waals surface area contributed by atoms with Gasteiger partial charge in [0.1, 0.15) is 6.10 Å². The number of benzene rings is 1. The number of hydrogen-bond acceptors (Lipinski definition) is 4. The summed E-state index contributed by atoms with van der Waals surface area (Å²) < 4.78 is 54.3. The molecule has 1 N–H and O–H groups in total. The zero-order valence-electron chi connectivity index (χ0n) is 13.0. The van der Waals surface area contributed by atoms with Crippen LogP contribution in [0.4, 0.5) is 13.2 Å². The molecule has 0 aromatic heterocycles. The fraction of sp³-hybridized carbons (Fsp3) is 0.625. The summed E-state index contributed by atoms with van der Waals surface area (Å²) >= 11 is 0. The van der Waals surface area contributed by atoms with E-state index in [9.17, 15) is 18.3 Å². The first kappa shape index (κ1) is 18.2. The van der Waals surface area contributed by atoms with Gasteiger partial charge in [-0.3, -0.25) is 0 Å². The number of ether oxygens (including phenoxy) is 3. The van der Waals surface area contributed by atoms with Crippen LogP contribution in [0.5, 0.6) is 0 Å². The largest absolute Gasteiger partial charge is 0.417 e. The third-order valence-electron chi connectivity index (χ3n) is 3.53. The minimum Gasteiger partial charge on any atom is -0.381 e. The number of rotatable bonds is 6. The predicted octanol–water partition coefficient (Wildman–Crippen LogP) is 3.04. The summed E-state index contributed by atoms with van der Waals surface area (Å²) in [6.07, 6.45) is -9.46. The molecule has 1 aliphatic heterocycles. The van der Waals surface area contributed by atoms with Gasteiger partial charge in [-0.15, -0.1) is 0 Å². The SMILES string of the molecule is CC1(C)O[C@H]([C@@H](O)C(F)(F)F)[C@H](CCOCc2ccccc2)O1. The molecule has 4 nitrogen and oxygen atoms in total. The van der Waals surface area contributed by atoms with E-state index in [-0.39, 0.29) is 13.0 Å². The highest BCUT2D eigenvalue weighted by molar-refractivity contribution is 5.13. The Hall–Kier alpha value is -1.15. The molecule has 0 saturated carbocycles. The third-order valence-corrected chi connectivity index (χ3v) is 3.53. The van der Waals surface area contributed by atoms with Crippen LogP contribution in [0.3, 0.4) is 0 Å². The molecule has 0 spiro atoms. The van der Waals surface area contributed by atoms with Crippen LogP contribution in [-0.2, 0) is 20.8 Å². The van der Waals surface area contributed by atoms with Gasteiger partial charge in [0.2, 0.25) is 0 Å². The van der Waals surface area contributed by atoms with Gasteiger partial charge in [0.15, 0.2) is 11.9 Å². The topological polar surface area (TPSA) is 47.9 Å². The molecule has 1 saturated heterocycles. The summed E-state index contributed by atoms with van der Waals surface area (Å²) in [5.41, 5.74) is 0.975. The second kappa shape index (κ2) is 7.17. The van der Waals surface area contributed by atoms with Gasteiger partial charge in [-0.1, -0.05) is 30.3 Å². The molecule has 1 heterocycles. The average molecular weight is 334 g/mol.